The summed E-state index contributed by atoms with van der Waals surface area (Å²) in [7, 11) is 4.01. The quantitative estimate of drug-likeness (QED) is 0.821. The first-order chi connectivity index (χ1) is 9.26. The van der Waals surface area contributed by atoms with Gasteiger partial charge in [-0.2, -0.15) is 0 Å². The summed E-state index contributed by atoms with van der Waals surface area (Å²) in [6, 6.07) is 7.18. The van der Waals surface area contributed by atoms with Gasteiger partial charge in [0.15, 0.2) is 0 Å². The molecule has 102 valence electrons. The number of nitrogens with zero attached hydrogens (tertiary/aromatic N) is 1. The molecule has 1 aromatic carbocycles. The minimum Gasteiger partial charge on any atom is -0.497 e. The van der Waals surface area contributed by atoms with Crippen molar-refractivity contribution in [1.29, 1.82) is 0 Å². The molecule has 1 fully saturated rings. The fourth-order valence-corrected chi connectivity index (χ4v) is 3.35. The van der Waals surface area contributed by atoms with Gasteiger partial charge < -0.3 is 9.64 Å². The highest BCUT2D eigenvalue weighted by molar-refractivity contribution is 5.65. The van der Waals surface area contributed by atoms with Crippen molar-refractivity contribution in [2.24, 2.45) is 0 Å². The molecule has 1 aromatic rings. The Kier molecular flexibility index (Phi) is 3.61. The SMILES string of the molecule is COc1ccc2c(c1)CC(CC1CCCCN1C)=C2. The van der Waals surface area contributed by atoms with Crippen molar-refractivity contribution in [3.05, 3.63) is 34.9 Å². The van der Waals surface area contributed by atoms with Crippen LogP contribution in [0.25, 0.3) is 6.08 Å². The van der Waals surface area contributed by atoms with Crippen LogP contribution in [0, 0.1) is 0 Å². The Morgan fingerprint density at radius 1 is 1.32 bits per heavy atom. The number of hydrogen-bond donors (Lipinski definition) is 0. The van der Waals surface area contributed by atoms with Crippen LogP contribution in [0.1, 0.15) is 36.8 Å². The predicted octanol–water partition coefficient (Wildman–Crippen LogP) is 3.51. The Balaban J connectivity index is 1.68. The normalized spacial score (nSPS) is 23.1. The molecule has 1 heterocycles. The molecule has 0 aromatic heterocycles. The van der Waals surface area contributed by atoms with Crippen LogP contribution in [0.4, 0.5) is 0 Å². The molecule has 1 atom stereocenters. The molecule has 2 heteroatoms. The van der Waals surface area contributed by atoms with Gasteiger partial charge in [0, 0.05) is 6.04 Å². The van der Waals surface area contributed by atoms with Crippen molar-refractivity contribution >= 4 is 6.08 Å². The summed E-state index contributed by atoms with van der Waals surface area (Å²) < 4.78 is 5.31. The van der Waals surface area contributed by atoms with Crippen LogP contribution >= 0.6 is 0 Å². The van der Waals surface area contributed by atoms with Gasteiger partial charge in [0.25, 0.3) is 0 Å². The summed E-state index contributed by atoms with van der Waals surface area (Å²) in [5, 5.41) is 0. The fourth-order valence-electron chi connectivity index (χ4n) is 3.35. The van der Waals surface area contributed by atoms with Crippen molar-refractivity contribution in [3.8, 4) is 5.75 Å². The van der Waals surface area contributed by atoms with Crippen LogP contribution in [0.15, 0.2) is 23.8 Å². The van der Waals surface area contributed by atoms with Crippen LogP contribution in [-0.2, 0) is 6.42 Å². The lowest BCUT2D eigenvalue weighted by Gasteiger charge is -2.32. The number of methoxy groups -OCH3 is 1. The van der Waals surface area contributed by atoms with Gasteiger partial charge in [0.1, 0.15) is 5.75 Å². The minimum absolute atomic E-state index is 0.746. The average molecular weight is 257 g/mol. The third-order valence-corrected chi connectivity index (χ3v) is 4.55. The van der Waals surface area contributed by atoms with Crippen LogP contribution in [-0.4, -0.2) is 31.6 Å². The van der Waals surface area contributed by atoms with Crippen LogP contribution < -0.4 is 4.74 Å². The molecule has 0 radical (unpaired) electrons. The topological polar surface area (TPSA) is 12.5 Å². The van der Waals surface area contributed by atoms with E-state index in [1.54, 1.807) is 12.7 Å². The smallest absolute Gasteiger partial charge is 0.119 e. The summed E-state index contributed by atoms with van der Waals surface area (Å²) >= 11 is 0. The van der Waals surface area contributed by atoms with Gasteiger partial charge in [0.2, 0.25) is 0 Å². The summed E-state index contributed by atoms with van der Waals surface area (Å²) in [4.78, 5) is 2.54. The Morgan fingerprint density at radius 2 is 2.21 bits per heavy atom. The molecule has 1 unspecified atom stereocenters. The molecule has 0 spiro atoms. The second-order valence-corrected chi connectivity index (χ2v) is 5.88. The van der Waals surface area contributed by atoms with E-state index in [4.69, 9.17) is 4.74 Å². The first-order valence-corrected chi connectivity index (χ1v) is 7.33. The number of rotatable bonds is 3. The molecule has 2 aliphatic rings. The van der Waals surface area contributed by atoms with E-state index in [1.165, 1.54) is 43.4 Å². The zero-order valence-corrected chi connectivity index (χ0v) is 12.0. The van der Waals surface area contributed by atoms with Crippen LogP contribution in [0.2, 0.25) is 0 Å². The zero-order valence-electron chi connectivity index (χ0n) is 12.0. The molecule has 3 rings (SSSR count). The van der Waals surface area contributed by atoms with E-state index in [0.29, 0.717) is 0 Å². The van der Waals surface area contributed by atoms with Gasteiger partial charge in [-0.3, -0.25) is 0 Å². The molecule has 0 saturated carbocycles. The van der Waals surface area contributed by atoms with Crippen LogP contribution in [0.5, 0.6) is 5.75 Å². The van der Waals surface area contributed by atoms with E-state index < -0.39 is 0 Å². The van der Waals surface area contributed by atoms with E-state index >= 15 is 0 Å². The largest absolute Gasteiger partial charge is 0.497 e. The predicted molar refractivity (Wildman–Crippen MR) is 79.6 cm³/mol. The second kappa shape index (κ2) is 5.38. The Hall–Kier alpha value is -1.28. The third-order valence-electron chi connectivity index (χ3n) is 4.55. The van der Waals surface area contributed by atoms with E-state index in [1.807, 2.05) is 0 Å². The monoisotopic (exact) mass is 257 g/mol. The zero-order chi connectivity index (χ0) is 13.2. The molecule has 2 nitrogen and oxygen atoms in total. The van der Waals surface area contributed by atoms with E-state index in [9.17, 15) is 0 Å². The van der Waals surface area contributed by atoms with E-state index in [-0.39, 0.29) is 0 Å². The molecule has 1 aliphatic heterocycles. The number of ether oxygens (including phenoxy) is 1. The number of benzene rings is 1. The van der Waals surface area contributed by atoms with Gasteiger partial charge in [0.05, 0.1) is 7.11 Å². The van der Waals surface area contributed by atoms with Crippen LogP contribution in [0.3, 0.4) is 0 Å². The van der Waals surface area contributed by atoms with E-state index in [0.717, 1.165) is 18.2 Å². The molecule has 1 aliphatic carbocycles. The maximum Gasteiger partial charge on any atom is 0.119 e. The van der Waals surface area contributed by atoms with Crippen molar-refractivity contribution < 1.29 is 4.74 Å². The molecule has 0 amide bonds. The standard InChI is InChI=1S/C17H23NO/c1-18-8-4-3-5-16(18)11-13-9-14-6-7-17(19-2)12-15(14)10-13/h6-7,9,12,16H,3-5,8,10-11H2,1-2H3. The van der Waals surface area contributed by atoms with Gasteiger partial charge in [-0.15, -0.1) is 0 Å². The maximum absolute atomic E-state index is 5.31. The summed E-state index contributed by atoms with van der Waals surface area (Å²) in [6.45, 7) is 1.26. The minimum atomic E-state index is 0.746. The third kappa shape index (κ3) is 2.69. The lowest BCUT2D eigenvalue weighted by atomic mass is 9.95. The highest BCUT2D eigenvalue weighted by atomic mass is 16.5. The average Bonchev–Trinajstić information content (AvgIpc) is 2.82. The maximum atomic E-state index is 5.31. The van der Waals surface area contributed by atoms with Gasteiger partial charge in [-0.1, -0.05) is 24.1 Å². The first kappa shape index (κ1) is 12.7. The molecular formula is C17H23NO. The lowest BCUT2D eigenvalue weighted by Crippen LogP contribution is -2.36. The van der Waals surface area contributed by atoms with Crippen molar-refractivity contribution in [3.63, 3.8) is 0 Å². The molecule has 0 bridgehead atoms. The van der Waals surface area contributed by atoms with Crippen molar-refractivity contribution in [1.82, 2.24) is 4.90 Å². The summed E-state index contributed by atoms with van der Waals surface area (Å²) in [5.41, 5.74) is 4.39. The first-order valence-electron chi connectivity index (χ1n) is 7.33. The molecule has 1 saturated heterocycles. The van der Waals surface area contributed by atoms with Gasteiger partial charge >= 0.3 is 0 Å². The van der Waals surface area contributed by atoms with E-state index in [2.05, 4.69) is 36.2 Å². The lowest BCUT2D eigenvalue weighted by molar-refractivity contribution is 0.184. The number of likely N-dealkylation sites (tertiary alicyclic amines) is 1. The highest BCUT2D eigenvalue weighted by Crippen LogP contribution is 2.32. The Bertz CT molecular complexity index is 492. The van der Waals surface area contributed by atoms with Crippen molar-refractivity contribution in [2.75, 3.05) is 20.7 Å². The number of fused-ring (bicyclic) bond motifs is 1. The number of hydrogen-bond acceptors (Lipinski definition) is 2. The summed E-state index contributed by atoms with van der Waals surface area (Å²) in [6.07, 6.45) is 8.83. The Labute approximate surface area is 116 Å². The van der Waals surface area contributed by atoms with Gasteiger partial charge in [-0.25, -0.2) is 0 Å². The Morgan fingerprint density at radius 3 is 3.00 bits per heavy atom. The fraction of sp³-hybridized carbons (Fsp3) is 0.529. The summed E-state index contributed by atoms with van der Waals surface area (Å²) in [5.74, 6) is 0.975. The van der Waals surface area contributed by atoms with Crippen molar-refractivity contribution in [2.45, 2.75) is 38.1 Å². The highest BCUT2D eigenvalue weighted by Gasteiger charge is 2.22. The number of piperidine rings is 1. The molecule has 19 heavy (non-hydrogen) atoms. The van der Waals surface area contributed by atoms with Gasteiger partial charge in [-0.05, 0) is 62.5 Å². The molecule has 0 N–H and O–H groups in total. The molecular weight excluding hydrogens is 234 g/mol. The second-order valence-electron chi connectivity index (χ2n) is 5.88.